The average molecular weight is 241 g/mol. The minimum absolute atomic E-state index is 0.227. The zero-order valence-corrected chi connectivity index (χ0v) is 9.88. The molecule has 1 aromatic rings. The topological polar surface area (TPSA) is 21.3 Å². The number of benzene rings is 1. The van der Waals surface area contributed by atoms with Crippen LogP contribution in [0, 0.1) is 11.6 Å². The molecule has 0 radical (unpaired) electrons. The van der Waals surface area contributed by atoms with Crippen LogP contribution in [0.1, 0.15) is 25.3 Å². The average Bonchev–Trinajstić information content (AvgIpc) is 2.84. The summed E-state index contributed by atoms with van der Waals surface area (Å²) in [7, 11) is 0. The molecule has 2 rings (SSSR count). The molecule has 4 heteroatoms. The molecule has 17 heavy (non-hydrogen) atoms. The Labute approximate surface area is 100.0 Å². The highest BCUT2D eigenvalue weighted by Gasteiger charge is 2.21. The number of nitrogens with one attached hydrogen (secondary N) is 1. The van der Waals surface area contributed by atoms with E-state index in [4.69, 9.17) is 4.74 Å². The second-order valence-corrected chi connectivity index (χ2v) is 4.47. The van der Waals surface area contributed by atoms with Crippen LogP contribution < -0.4 is 5.32 Å². The van der Waals surface area contributed by atoms with Gasteiger partial charge in [0, 0.05) is 19.2 Å². The van der Waals surface area contributed by atoms with Crippen LogP contribution in [0.4, 0.5) is 8.78 Å². The number of hydrogen-bond acceptors (Lipinski definition) is 2. The lowest BCUT2D eigenvalue weighted by molar-refractivity contribution is 0.0832. The molecule has 0 bridgehead atoms. The first-order chi connectivity index (χ1) is 8.16. The Balaban J connectivity index is 1.86. The normalized spacial score (nSPS) is 21.7. The molecule has 1 N–H and O–H groups in total. The van der Waals surface area contributed by atoms with E-state index in [2.05, 4.69) is 12.2 Å². The van der Waals surface area contributed by atoms with Crippen molar-refractivity contribution >= 4 is 0 Å². The summed E-state index contributed by atoms with van der Waals surface area (Å²) >= 11 is 0. The molecule has 1 aromatic carbocycles. The van der Waals surface area contributed by atoms with Gasteiger partial charge in [-0.05, 0) is 37.5 Å². The van der Waals surface area contributed by atoms with E-state index in [1.54, 1.807) is 6.07 Å². The van der Waals surface area contributed by atoms with Gasteiger partial charge in [0.15, 0.2) is 11.6 Å². The van der Waals surface area contributed by atoms with E-state index in [1.165, 1.54) is 6.07 Å². The van der Waals surface area contributed by atoms with Crippen LogP contribution in [-0.2, 0) is 11.3 Å². The summed E-state index contributed by atoms with van der Waals surface area (Å²) in [5.41, 5.74) is 0.744. The van der Waals surface area contributed by atoms with E-state index < -0.39 is 11.6 Å². The summed E-state index contributed by atoms with van der Waals surface area (Å²) in [4.78, 5) is 0. The van der Waals surface area contributed by atoms with Crippen LogP contribution in [0.25, 0.3) is 0 Å². The van der Waals surface area contributed by atoms with Crippen molar-refractivity contribution in [1.82, 2.24) is 5.32 Å². The number of rotatable bonds is 4. The minimum Gasteiger partial charge on any atom is -0.377 e. The smallest absolute Gasteiger partial charge is 0.159 e. The third-order valence-electron chi connectivity index (χ3n) is 3.13. The van der Waals surface area contributed by atoms with Crippen LogP contribution in [0.3, 0.4) is 0 Å². The fourth-order valence-electron chi connectivity index (χ4n) is 2.06. The molecule has 0 aromatic heterocycles. The zero-order valence-electron chi connectivity index (χ0n) is 9.88. The van der Waals surface area contributed by atoms with E-state index >= 15 is 0 Å². The standard InChI is InChI=1S/C13H17F2NO/c1-9(13-3-2-6-17-13)16-8-10-4-5-11(14)12(15)7-10/h4-5,7,9,13,16H,2-3,6,8H2,1H3. The molecule has 0 aliphatic carbocycles. The fourth-order valence-corrected chi connectivity index (χ4v) is 2.06. The Hall–Kier alpha value is -1.00. The summed E-state index contributed by atoms with van der Waals surface area (Å²) in [6.07, 6.45) is 2.40. The van der Waals surface area contributed by atoms with Gasteiger partial charge in [-0.25, -0.2) is 8.78 Å². The van der Waals surface area contributed by atoms with Crippen molar-refractivity contribution in [3.63, 3.8) is 0 Å². The Morgan fingerprint density at radius 2 is 2.24 bits per heavy atom. The summed E-state index contributed by atoms with van der Waals surface area (Å²) in [5, 5.41) is 3.27. The van der Waals surface area contributed by atoms with Crippen molar-refractivity contribution in [2.75, 3.05) is 6.61 Å². The minimum atomic E-state index is -0.805. The molecular weight excluding hydrogens is 224 g/mol. The Morgan fingerprint density at radius 3 is 2.88 bits per heavy atom. The predicted octanol–water partition coefficient (Wildman–Crippen LogP) is 2.62. The second kappa shape index (κ2) is 5.56. The van der Waals surface area contributed by atoms with Crippen molar-refractivity contribution in [3.05, 3.63) is 35.4 Å². The maximum Gasteiger partial charge on any atom is 0.159 e. The number of ether oxygens (including phenoxy) is 1. The Bertz CT molecular complexity index is 378. The van der Waals surface area contributed by atoms with Gasteiger partial charge >= 0.3 is 0 Å². The van der Waals surface area contributed by atoms with Gasteiger partial charge < -0.3 is 10.1 Å². The Morgan fingerprint density at radius 1 is 1.41 bits per heavy atom. The molecule has 94 valence electrons. The van der Waals surface area contributed by atoms with E-state index in [0.717, 1.165) is 31.1 Å². The second-order valence-electron chi connectivity index (χ2n) is 4.47. The lowest BCUT2D eigenvalue weighted by atomic mass is 10.1. The van der Waals surface area contributed by atoms with Gasteiger partial charge in [0.1, 0.15) is 0 Å². The maximum absolute atomic E-state index is 13.0. The van der Waals surface area contributed by atoms with Crippen LogP contribution >= 0.6 is 0 Å². The molecule has 0 saturated carbocycles. The van der Waals surface area contributed by atoms with Crippen LogP contribution in [-0.4, -0.2) is 18.8 Å². The van der Waals surface area contributed by atoms with Crippen molar-refractivity contribution in [1.29, 1.82) is 0 Å². The molecular formula is C13H17F2NO. The number of halogens is 2. The van der Waals surface area contributed by atoms with Gasteiger partial charge in [0.05, 0.1) is 6.10 Å². The lowest BCUT2D eigenvalue weighted by Gasteiger charge is -2.20. The van der Waals surface area contributed by atoms with Gasteiger partial charge in [-0.15, -0.1) is 0 Å². The van der Waals surface area contributed by atoms with Crippen molar-refractivity contribution in [3.8, 4) is 0 Å². The zero-order chi connectivity index (χ0) is 12.3. The highest BCUT2D eigenvalue weighted by molar-refractivity contribution is 5.17. The van der Waals surface area contributed by atoms with Crippen molar-refractivity contribution < 1.29 is 13.5 Å². The monoisotopic (exact) mass is 241 g/mol. The molecule has 1 aliphatic heterocycles. The molecule has 2 unspecified atom stereocenters. The van der Waals surface area contributed by atoms with Gasteiger partial charge in [-0.1, -0.05) is 6.07 Å². The molecule has 1 saturated heterocycles. The van der Waals surface area contributed by atoms with Gasteiger partial charge in [0.2, 0.25) is 0 Å². The number of hydrogen-bond donors (Lipinski definition) is 1. The van der Waals surface area contributed by atoms with Gasteiger partial charge in [-0.2, -0.15) is 0 Å². The summed E-state index contributed by atoms with van der Waals surface area (Å²) in [6.45, 7) is 3.40. The maximum atomic E-state index is 13.0. The molecule has 0 spiro atoms. The van der Waals surface area contributed by atoms with Crippen LogP contribution in [0.5, 0.6) is 0 Å². The fraction of sp³-hybridized carbons (Fsp3) is 0.538. The Kier molecular flexibility index (Phi) is 4.07. The van der Waals surface area contributed by atoms with Crippen LogP contribution in [0.15, 0.2) is 18.2 Å². The largest absolute Gasteiger partial charge is 0.377 e. The molecule has 2 nitrogen and oxygen atoms in total. The molecule has 0 amide bonds. The molecule has 2 atom stereocenters. The predicted molar refractivity (Wildman–Crippen MR) is 61.6 cm³/mol. The summed E-state index contributed by atoms with van der Waals surface area (Å²) in [6, 6.07) is 4.20. The first kappa shape index (κ1) is 12.5. The molecule has 1 fully saturated rings. The van der Waals surface area contributed by atoms with E-state index in [-0.39, 0.29) is 12.1 Å². The summed E-state index contributed by atoms with van der Waals surface area (Å²) in [5.74, 6) is -1.60. The first-order valence-corrected chi connectivity index (χ1v) is 5.96. The lowest BCUT2D eigenvalue weighted by Crippen LogP contribution is -2.36. The first-order valence-electron chi connectivity index (χ1n) is 5.96. The quantitative estimate of drug-likeness (QED) is 0.875. The molecule has 1 heterocycles. The van der Waals surface area contributed by atoms with Gasteiger partial charge in [0.25, 0.3) is 0 Å². The van der Waals surface area contributed by atoms with E-state index in [1.807, 2.05) is 0 Å². The van der Waals surface area contributed by atoms with Crippen molar-refractivity contribution in [2.45, 2.75) is 38.5 Å². The van der Waals surface area contributed by atoms with E-state index in [0.29, 0.717) is 6.54 Å². The third-order valence-corrected chi connectivity index (χ3v) is 3.13. The van der Waals surface area contributed by atoms with Crippen LogP contribution in [0.2, 0.25) is 0 Å². The molecule has 1 aliphatic rings. The van der Waals surface area contributed by atoms with Crippen molar-refractivity contribution in [2.24, 2.45) is 0 Å². The highest BCUT2D eigenvalue weighted by Crippen LogP contribution is 2.16. The summed E-state index contributed by atoms with van der Waals surface area (Å²) < 4.78 is 31.3. The SMILES string of the molecule is CC(NCc1ccc(F)c(F)c1)C1CCCO1. The van der Waals surface area contributed by atoms with Gasteiger partial charge in [-0.3, -0.25) is 0 Å². The highest BCUT2D eigenvalue weighted by atomic mass is 19.2. The van der Waals surface area contributed by atoms with E-state index in [9.17, 15) is 8.78 Å². The third kappa shape index (κ3) is 3.23.